The number of hydrogen-bond acceptors (Lipinski definition) is 3. The summed E-state index contributed by atoms with van der Waals surface area (Å²) in [5.74, 6) is 6.76. The highest BCUT2D eigenvalue weighted by Gasteiger charge is 2.29. The van der Waals surface area contributed by atoms with Crippen LogP contribution in [-0.2, 0) is 11.2 Å². The van der Waals surface area contributed by atoms with Gasteiger partial charge in [0, 0.05) is 19.3 Å². The number of nitrogens with one attached hydrogen (secondary N) is 1. The molecule has 0 aliphatic carbocycles. The van der Waals surface area contributed by atoms with Crippen molar-refractivity contribution in [3.05, 3.63) is 33.8 Å². The lowest BCUT2D eigenvalue weighted by Crippen LogP contribution is -2.47. The van der Waals surface area contributed by atoms with Crippen molar-refractivity contribution < 1.29 is 4.74 Å². The van der Waals surface area contributed by atoms with Gasteiger partial charge in [-0.2, -0.15) is 0 Å². The standard InChI is InChI=1S/C14H20Cl2N2O/c1-9-8-19-5-4-11(9)14(18-17)7-10-2-3-12(15)13(16)6-10/h2-3,6,9,11,14,18H,4-5,7-8,17H2,1H3. The van der Waals surface area contributed by atoms with Crippen LogP contribution in [0, 0.1) is 11.8 Å². The van der Waals surface area contributed by atoms with Crippen molar-refractivity contribution in [3.8, 4) is 0 Å². The second-order valence-corrected chi connectivity index (χ2v) is 6.04. The van der Waals surface area contributed by atoms with E-state index >= 15 is 0 Å². The molecule has 0 saturated carbocycles. The lowest BCUT2D eigenvalue weighted by molar-refractivity contribution is 0.0109. The highest BCUT2D eigenvalue weighted by atomic mass is 35.5. The summed E-state index contributed by atoms with van der Waals surface area (Å²) in [6, 6.07) is 5.98. The van der Waals surface area contributed by atoms with Crippen molar-refractivity contribution in [1.29, 1.82) is 0 Å². The summed E-state index contributed by atoms with van der Waals surface area (Å²) in [5, 5.41) is 1.18. The second kappa shape index (κ2) is 6.91. The van der Waals surface area contributed by atoms with Crippen LogP contribution in [0.5, 0.6) is 0 Å². The van der Waals surface area contributed by atoms with Gasteiger partial charge in [-0.1, -0.05) is 36.2 Å². The molecule has 1 aromatic carbocycles. The topological polar surface area (TPSA) is 47.3 Å². The van der Waals surface area contributed by atoms with Crippen LogP contribution < -0.4 is 11.3 Å². The molecule has 1 aliphatic heterocycles. The number of ether oxygens (including phenoxy) is 1. The van der Waals surface area contributed by atoms with Crippen molar-refractivity contribution in [2.45, 2.75) is 25.8 Å². The van der Waals surface area contributed by atoms with Crippen LogP contribution >= 0.6 is 23.2 Å². The van der Waals surface area contributed by atoms with E-state index in [4.69, 9.17) is 33.8 Å². The van der Waals surface area contributed by atoms with Crippen LogP contribution in [0.25, 0.3) is 0 Å². The van der Waals surface area contributed by atoms with Gasteiger partial charge in [0.2, 0.25) is 0 Å². The Labute approximate surface area is 124 Å². The van der Waals surface area contributed by atoms with E-state index in [2.05, 4.69) is 12.3 Å². The molecule has 1 aromatic rings. The zero-order valence-corrected chi connectivity index (χ0v) is 12.5. The Balaban J connectivity index is 2.07. The molecule has 1 heterocycles. The lowest BCUT2D eigenvalue weighted by Gasteiger charge is -2.35. The maximum atomic E-state index is 6.05. The second-order valence-electron chi connectivity index (χ2n) is 5.23. The molecule has 0 bridgehead atoms. The third kappa shape index (κ3) is 3.83. The molecule has 0 radical (unpaired) electrons. The first-order valence-electron chi connectivity index (χ1n) is 6.59. The van der Waals surface area contributed by atoms with E-state index in [0.717, 1.165) is 31.6 Å². The first kappa shape index (κ1) is 15.1. The molecule has 106 valence electrons. The summed E-state index contributed by atoms with van der Waals surface area (Å²) >= 11 is 12.0. The van der Waals surface area contributed by atoms with Crippen molar-refractivity contribution in [1.82, 2.24) is 5.43 Å². The largest absolute Gasteiger partial charge is 0.381 e. The molecule has 19 heavy (non-hydrogen) atoms. The van der Waals surface area contributed by atoms with Crippen molar-refractivity contribution in [3.63, 3.8) is 0 Å². The van der Waals surface area contributed by atoms with Gasteiger partial charge in [-0.3, -0.25) is 11.3 Å². The molecule has 0 aromatic heterocycles. The van der Waals surface area contributed by atoms with Gasteiger partial charge >= 0.3 is 0 Å². The maximum Gasteiger partial charge on any atom is 0.0595 e. The fourth-order valence-electron chi connectivity index (χ4n) is 2.75. The molecule has 1 saturated heterocycles. The number of nitrogens with two attached hydrogens (primary N) is 1. The van der Waals surface area contributed by atoms with Crippen LogP contribution in [0.15, 0.2) is 18.2 Å². The smallest absolute Gasteiger partial charge is 0.0595 e. The van der Waals surface area contributed by atoms with E-state index in [1.165, 1.54) is 0 Å². The van der Waals surface area contributed by atoms with Crippen LogP contribution in [-0.4, -0.2) is 19.3 Å². The normalized spacial score (nSPS) is 25.3. The summed E-state index contributed by atoms with van der Waals surface area (Å²) in [5.41, 5.74) is 4.10. The van der Waals surface area contributed by atoms with E-state index in [1.54, 1.807) is 0 Å². The predicted molar refractivity (Wildman–Crippen MR) is 79.4 cm³/mol. The third-order valence-corrected chi connectivity index (χ3v) is 4.62. The first-order valence-corrected chi connectivity index (χ1v) is 7.35. The van der Waals surface area contributed by atoms with Gasteiger partial charge in [-0.25, -0.2) is 0 Å². The molecule has 3 atom stereocenters. The number of halogens is 2. The molecule has 3 nitrogen and oxygen atoms in total. The number of hydrazine groups is 1. The average Bonchev–Trinajstić information content (AvgIpc) is 2.41. The molecule has 5 heteroatoms. The van der Waals surface area contributed by atoms with E-state index in [9.17, 15) is 0 Å². The van der Waals surface area contributed by atoms with Gasteiger partial charge in [-0.15, -0.1) is 0 Å². The summed E-state index contributed by atoms with van der Waals surface area (Å²) in [6.07, 6.45) is 1.89. The number of benzene rings is 1. The monoisotopic (exact) mass is 302 g/mol. The molecule has 2 rings (SSSR count). The van der Waals surface area contributed by atoms with E-state index in [1.807, 2.05) is 18.2 Å². The van der Waals surface area contributed by atoms with E-state index < -0.39 is 0 Å². The number of rotatable bonds is 4. The molecular formula is C14H20Cl2N2O. The van der Waals surface area contributed by atoms with E-state index in [-0.39, 0.29) is 6.04 Å². The lowest BCUT2D eigenvalue weighted by atomic mass is 9.81. The Morgan fingerprint density at radius 2 is 2.21 bits per heavy atom. The van der Waals surface area contributed by atoms with Gasteiger partial charge in [0.25, 0.3) is 0 Å². The quantitative estimate of drug-likeness (QED) is 0.664. The van der Waals surface area contributed by atoms with Gasteiger partial charge in [0.1, 0.15) is 0 Å². The van der Waals surface area contributed by atoms with E-state index in [0.29, 0.717) is 21.9 Å². The van der Waals surface area contributed by atoms with Gasteiger partial charge in [0.15, 0.2) is 0 Å². The van der Waals surface area contributed by atoms with Gasteiger partial charge in [-0.05, 0) is 42.4 Å². The zero-order valence-electron chi connectivity index (χ0n) is 11.0. The Hall–Kier alpha value is -0.320. The highest BCUT2D eigenvalue weighted by molar-refractivity contribution is 6.42. The van der Waals surface area contributed by atoms with Crippen LogP contribution in [0.1, 0.15) is 18.9 Å². The van der Waals surface area contributed by atoms with Crippen molar-refractivity contribution in [2.24, 2.45) is 17.7 Å². The summed E-state index contributed by atoms with van der Waals surface area (Å²) in [4.78, 5) is 0. The fraction of sp³-hybridized carbons (Fsp3) is 0.571. The molecular weight excluding hydrogens is 283 g/mol. The maximum absolute atomic E-state index is 6.05. The Kier molecular flexibility index (Phi) is 5.48. The summed E-state index contributed by atoms with van der Waals surface area (Å²) in [6.45, 7) is 3.84. The molecule has 1 aliphatic rings. The molecule has 0 amide bonds. The minimum Gasteiger partial charge on any atom is -0.381 e. The molecule has 0 spiro atoms. The molecule has 1 fully saturated rings. The number of hydrogen-bond donors (Lipinski definition) is 2. The molecule has 3 unspecified atom stereocenters. The highest BCUT2D eigenvalue weighted by Crippen LogP contribution is 2.28. The Morgan fingerprint density at radius 3 is 2.84 bits per heavy atom. The fourth-order valence-corrected chi connectivity index (χ4v) is 3.07. The van der Waals surface area contributed by atoms with Crippen molar-refractivity contribution >= 4 is 23.2 Å². The minimum atomic E-state index is 0.233. The summed E-state index contributed by atoms with van der Waals surface area (Å²) < 4.78 is 5.48. The minimum absolute atomic E-state index is 0.233. The average molecular weight is 303 g/mol. The van der Waals surface area contributed by atoms with Gasteiger partial charge < -0.3 is 4.74 Å². The van der Waals surface area contributed by atoms with Crippen molar-refractivity contribution in [2.75, 3.05) is 13.2 Å². The predicted octanol–water partition coefficient (Wildman–Crippen LogP) is 3.04. The zero-order chi connectivity index (χ0) is 13.8. The van der Waals surface area contributed by atoms with Gasteiger partial charge in [0.05, 0.1) is 10.0 Å². The van der Waals surface area contributed by atoms with Crippen LogP contribution in [0.2, 0.25) is 10.0 Å². The Morgan fingerprint density at radius 1 is 1.42 bits per heavy atom. The SMILES string of the molecule is CC1COCCC1C(Cc1ccc(Cl)c(Cl)c1)NN. The first-order chi connectivity index (χ1) is 9.11. The molecule has 3 N–H and O–H groups in total. The van der Waals surface area contributed by atoms with Crippen LogP contribution in [0.3, 0.4) is 0 Å². The Bertz CT molecular complexity index is 428. The van der Waals surface area contributed by atoms with Crippen LogP contribution in [0.4, 0.5) is 0 Å². The summed E-state index contributed by atoms with van der Waals surface area (Å²) in [7, 11) is 0. The third-order valence-electron chi connectivity index (χ3n) is 3.88.